The van der Waals surface area contributed by atoms with Gasteiger partial charge in [0.05, 0.1) is 4.92 Å². The molecule has 3 aromatic rings. The standard InChI is InChI=1S/C16H12N4O4/c1-10-6-8-11(9-7-10)14-15(19-24-18-14)17-16(21)12-4-2-3-5-13(12)20(22)23/h2-9H,1H3,(H,17,19,21). The number of nitrogens with one attached hydrogen (secondary N) is 1. The van der Waals surface area contributed by atoms with Gasteiger partial charge in [-0.25, -0.2) is 4.63 Å². The second-order valence-corrected chi connectivity index (χ2v) is 5.06. The van der Waals surface area contributed by atoms with E-state index in [-0.39, 0.29) is 17.1 Å². The number of nitro groups is 1. The monoisotopic (exact) mass is 324 g/mol. The molecule has 0 aliphatic rings. The van der Waals surface area contributed by atoms with Crippen LogP contribution in [0, 0.1) is 17.0 Å². The number of carbonyl (C=O) groups is 1. The third-order valence-corrected chi connectivity index (χ3v) is 3.39. The quantitative estimate of drug-likeness (QED) is 0.582. The molecule has 1 aromatic heterocycles. The van der Waals surface area contributed by atoms with Gasteiger partial charge in [0.1, 0.15) is 5.56 Å². The number of hydrogen-bond acceptors (Lipinski definition) is 6. The molecule has 2 aromatic carbocycles. The molecule has 0 aliphatic carbocycles. The van der Waals surface area contributed by atoms with Crippen molar-refractivity contribution < 1.29 is 14.3 Å². The number of anilines is 1. The van der Waals surface area contributed by atoms with Crippen molar-refractivity contribution in [2.75, 3.05) is 5.32 Å². The molecule has 120 valence electrons. The lowest BCUT2D eigenvalue weighted by Gasteiger charge is -2.04. The van der Waals surface area contributed by atoms with Crippen molar-refractivity contribution in [1.29, 1.82) is 0 Å². The highest BCUT2D eigenvalue weighted by Crippen LogP contribution is 2.26. The summed E-state index contributed by atoms with van der Waals surface area (Å²) in [6.45, 7) is 1.95. The molecule has 24 heavy (non-hydrogen) atoms. The van der Waals surface area contributed by atoms with Crippen LogP contribution < -0.4 is 5.32 Å². The van der Waals surface area contributed by atoms with E-state index in [4.69, 9.17) is 4.63 Å². The van der Waals surface area contributed by atoms with Crippen LogP contribution in [0.3, 0.4) is 0 Å². The summed E-state index contributed by atoms with van der Waals surface area (Å²) < 4.78 is 4.70. The molecular weight excluding hydrogens is 312 g/mol. The summed E-state index contributed by atoms with van der Waals surface area (Å²) in [4.78, 5) is 22.8. The van der Waals surface area contributed by atoms with Gasteiger partial charge >= 0.3 is 0 Å². The molecule has 0 saturated carbocycles. The van der Waals surface area contributed by atoms with Crippen molar-refractivity contribution in [3.05, 3.63) is 69.8 Å². The van der Waals surface area contributed by atoms with Crippen LogP contribution >= 0.6 is 0 Å². The average Bonchev–Trinajstić information content (AvgIpc) is 3.03. The second-order valence-electron chi connectivity index (χ2n) is 5.06. The van der Waals surface area contributed by atoms with E-state index in [0.717, 1.165) is 5.56 Å². The van der Waals surface area contributed by atoms with Gasteiger partial charge in [0.2, 0.25) is 5.82 Å². The molecule has 1 heterocycles. The van der Waals surface area contributed by atoms with Crippen LogP contribution in [0.25, 0.3) is 11.3 Å². The number of aromatic nitrogens is 2. The fourth-order valence-electron chi connectivity index (χ4n) is 2.17. The van der Waals surface area contributed by atoms with Crippen LogP contribution in [-0.2, 0) is 0 Å². The molecule has 1 amide bonds. The maximum atomic E-state index is 12.3. The van der Waals surface area contributed by atoms with Gasteiger partial charge in [-0.05, 0) is 23.3 Å². The van der Waals surface area contributed by atoms with Crippen LogP contribution in [0.1, 0.15) is 15.9 Å². The van der Waals surface area contributed by atoms with E-state index in [0.29, 0.717) is 11.3 Å². The second kappa shape index (κ2) is 6.29. The van der Waals surface area contributed by atoms with Crippen molar-refractivity contribution in [3.8, 4) is 11.3 Å². The maximum absolute atomic E-state index is 12.3. The minimum atomic E-state index is -0.661. The van der Waals surface area contributed by atoms with Crippen LogP contribution in [-0.4, -0.2) is 21.1 Å². The van der Waals surface area contributed by atoms with Gasteiger partial charge in [-0.3, -0.25) is 14.9 Å². The number of hydrogen-bond donors (Lipinski definition) is 1. The number of benzene rings is 2. The van der Waals surface area contributed by atoms with Gasteiger partial charge < -0.3 is 5.32 Å². The summed E-state index contributed by atoms with van der Waals surface area (Å²) in [5, 5.41) is 21.0. The molecule has 0 aliphatic heterocycles. The van der Waals surface area contributed by atoms with E-state index in [1.807, 2.05) is 31.2 Å². The number of rotatable bonds is 4. The van der Waals surface area contributed by atoms with Crippen LogP contribution in [0.2, 0.25) is 0 Å². The normalized spacial score (nSPS) is 10.4. The van der Waals surface area contributed by atoms with Crippen molar-refractivity contribution in [2.45, 2.75) is 6.92 Å². The van der Waals surface area contributed by atoms with E-state index in [1.54, 1.807) is 6.07 Å². The molecule has 0 spiro atoms. The smallest absolute Gasteiger partial charge is 0.282 e. The first kappa shape index (κ1) is 15.3. The zero-order valence-corrected chi connectivity index (χ0v) is 12.6. The minimum absolute atomic E-state index is 0.0691. The Labute approximate surface area is 136 Å². The van der Waals surface area contributed by atoms with Crippen molar-refractivity contribution >= 4 is 17.4 Å². The van der Waals surface area contributed by atoms with Gasteiger partial charge in [-0.2, -0.15) is 0 Å². The summed E-state index contributed by atoms with van der Waals surface area (Å²) in [7, 11) is 0. The lowest BCUT2D eigenvalue weighted by atomic mass is 10.1. The van der Waals surface area contributed by atoms with Crippen molar-refractivity contribution in [3.63, 3.8) is 0 Å². The van der Waals surface area contributed by atoms with Crippen LogP contribution in [0.4, 0.5) is 11.5 Å². The fourth-order valence-corrected chi connectivity index (χ4v) is 2.17. The Morgan fingerprint density at radius 2 is 1.83 bits per heavy atom. The Bertz CT molecular complexity index is 902. The Morgan fingerprint density at radius 3 is 2.54 bits per heavy atom. The molecule has 0 bridgehead atoms. The van der Waals surface area contributed by atoms with E-state index in [1.165, 1.54) is 18.2 Å². The topological polar surface area (TPSA) is 111 Å². The van der Waals surface area contributed by atoms with Crippen molar-refractivity contribution in [1.82, 2.24) is 10.3 Å². The lowest BCUT2D eigenvalue weighted by Crippen LogP contribution is -2.14. The summed E-state index contributed by atoms with van der Waals surface area (Å²) in [6.07, 6.45) is 0. The van der Waals surface area contributed by atoms with Gasteiger partial charge in [-0.1, -0.05) is 42.0 Å². The van der Waals surface area contributed by atoms with Crippen LogP contribution in [0.5, 0.6) is 0 Å². The first-order valence-electron chi connectivity index (χ1n) is 7.00. The zero-order chi connectivity index (χ0) is 17.1. The highest BCUT2D eigenvalue weighted by Gasteiger charge is 2.22. The summed E-state index contributed by atoms with van der Waals surface area (Å²) in [6, 6.07) is 13.1. The number of nitrogens with zero attached hydrogens (tertiary/aromatic N) is 3. The third kappa shape index (κ3) is 2.98. The van der Waals surface area contributed by atoms with E-state index < -0.39 is 10.8 Å². The SMILES string of the molecule is Cc1ccc(-c2nonc2NC(=O)c2ccccc2[N+](=O)[O-])cc1. The predicted molar refractivity (Wildman–Crippen MR) is 85.5 cm³/mol. The van der Waals surface area contributed by atoms with Gasteiger partial charge in [0.15, 0.2) is 5.69 Å². The maximum Gasteiger partial charge on any atom is 0.282 e. The Balaban J connectivity index is 1.90. The molecule has 8 nitrogen and oxygen atoms in total. The summed E-state index contributed by atoms with van der Waals surface area (Å²) in [5.74, 6) is -0.562. The minimum Gasteiger partial charge on any atom is -0.302 e. The van der Waals surface area contributed by atoms with E-state index in [2.05, 4.69) is 15.6 Å². The molecule has 1 N–H and O–H groups in total. The predicted octanol–water partition coefficient (Wildman–Crippen LogP) is 3.21. The third-order valence-electron chi connectivity index (χ3n) is 3.39. The Kier molecular flexibility index (Phi) is 4.02. The number of carbonyl (C=O) groups excluding carboxylic acids is 1. The summed E-state index contributed by atoms with van der Waals surface area (Å²) in [5.41, 5.74) is 1.77. The van der Waals surface area contributed by atoms with Gasteiger partial charge in [0, 0.05) is 11.6 Å². The Morgan fingerprint density at radius 1 is 1.12 bits per heavy atom. The average molecular weight is 324 g/mol. The molecule has 0 saturated heterocycles. The highest BCUT2D eigenvalue weighted by molar-refractivity contribution is 6.07. The Hall–Kier alpha value is -3.55. The molecular formula is C16H12N4O4. The lowest BCUT2D eigenvalue weighted by molar-refractivity contribution is -0.385. The van der Waals surface area contributed by atoms with Gasteiger partial charge in [0.25, 0.3) is 11.6 Å². The highest BCUT2D eigenvalue weighted by atomic mass is 16.6. The van der Waals surface area contributed by atoms with Gasteiger partial charge in [-0.15, -0.1) is 0 Å². The largest absolute Gasteiger partial charge is 0.302 e. The van der Waals surface area contributed by atoms with Crippen LogP contribution in [0.15, 0.2) is 53.2 Å². The van der Waals surface area contributed by atoms with E-state index in [9.17, 15) is 14.9 Å². The molecule has 0 unspecified atom stereocenters. The molecule has 0 atom stereocenters. The molecule has 0 radical (unpaired) electrons. The number of para-hydroxylation sites is 1. The number of aryl methyl sites for hydroxylation is 1. The number of nitro benzene ring substituents is 1. The molecule has 8 heteroatoms. The molecule has 3 rings (SSSR count). The fraction of sp³-hybridized carbons (Fsp3) is 0.0625. The first-order chi connectivity index (χ1) is 11.6. The summed E-state index contributed by atoms with van der Waals surface area (Å²) >= 11 is 0. The van der Waals surface area contributed by atoms with E-state index >= 15 is 0 Å². The number of amides is 1. The zero-order valence-electron chi connectivity index (χ0n) is 12.6. The molecule has 0 fully saturated rings. The first-order valence-corrected chi connectivity index (χ1v) is 7.00. The van der Waals surface area contributed by atoms with Crippen molar-refractivity contribution in [2.24, 2.45) is 0 Å².